The molecule has 0 radical (unpaired) electrons. The van der Waals surface area contributed by atoms with Crippen LogP contribution in [0.3, 0.4) is 0 Å². The van der Waals surface area contributed by atoms with Gasteiger partial charge in [-0.25, -0.2) is 4.98 Å². The van der Waals surface area contributed by atoms with E-state index in [4.69, 9.17) is 9.47 Å². The number of hydrogen-bond acceptors (Lipinski definition) is 6. The third kappa shape index (κ3) is 5.08. The van der Waals surface area contributed by atoms with Gasteiger partial charge < -0.3 is 24.2 Å². The van der Waals surface area contributed by atoms with Gasteiger partial charge in [-0.3, -0.25) is 14.4 Å². The third-order valence-corrected chi connectivity index (χ3v) is 6.73. The maximum atomic E-state index is 13.1. The molecule has 2 aliphatic heterocycles. The lowest BCUT2D eigenvalue weighted by Gasteiger charge is -2.18. The number of aromatic nitrogens is 1. The third-order valence-electron chi connectivity index (χ3n) is 6.73. The van der Waals surface area contributed by atoms with Gasteiger partial charge in [-0.1, -0.05) is 18.9 Å². The average molecular weight is 479 g/mol. The summed E-state index contributed by atoms with van der Waals surface area (Å²) in [5.74, 6) is 1.41. The summed E-state index contributed by atoms with van der Waals surface area (Å²) in [6.07, 6.45) is 5.17. The number of fused-ring (bicyclic) bond motifs is 1. The van der Waals surface area contributed by atoms with Crippen LogP contribution in [0.2, 0.25) is 0 Å². The van der Waals surface area contributed by atoms with Crippen molar-refractivity contribution < 1.29 is 23.9 Å². The van der Waals surface area contributed by atoms with Gasteiger partial charge in [0.15, 0.2) is 6.10 Å². The summed E-state index contributed by atoms with van der Waals surface area (Å²) >= 11 is 0. The highest BCUT2D eigenvalue weighted by atomic mass is 16.5. The number of carbonyl (C=O) groups excluding carboxylic acids is 3. The Bertz CT molecular complexity index is 1130. The lowest BCUT2D eigenvalue weighted by atomic mass is 10.1. The van der Waals surface area contributed by atoms with Crippen LogP contribution in [0.1, 0.15) is 41.6 Å². The molecular formula is C26H30N4O5. The quantitative estimate of drug-likeness (QED) is 0.550. The standard InChI is InChI=1S/C26H30N4O5/c1-28(2)24(31)16-29-15-18-5-6-19(13-21(18)25(29)32)30-11-9-22(26(30)33)35-20-7-8-23(27-14-20)34-12-10-17-3-4-17/h5-8,13-14,17,22H,3-4,9-12,15-16H2,1-2H3/t22-/m1/s1. The van der Waals surface area contributed by atoms with E-state index < -0.39 is 6.10 Å². The monoisotopic (exact) mass is 478 g/mol. The van der Waals surface area contributed by atoms with Gasteiger partial charge in [0.1, 0.15) is 12.3 Å². The summed E-state index contributed by atoms with van der Waals surface area (Å²) in [6, 6.07) is 8.98. The molecule has 5 rings (SSSR count). The highest BCUT2D eigenvalue weighted by Gasteiger charge is 2.36. The highest BCUT2D eigenvalue weighted by Crippen LogP contribution is 2.33. The van der Waals surface area contributed by atoms with Gasteiger partial charge in [0.05, 0.1) is 12.8 Å². The number of pyridine rings is 1. The molecule has 0 spiro atoms. The van der Waals surface area contributed by atoms with Crippen molar-refractivity contribution in [3.63, 3.8) is 0 Å². The van der Waals surface area contributed by atoms with Gasteiger partial charge in [-0.15, -0.1) is 0 Å². The van der Waals surface area contributed by atoms with Crippen molar-refractivity contribution in [2.24, 2.45) is 5.92 Å². The Morgan fingerprint density at radius 1 is 1.14 bits per heavy atom. The van der Waals surface area contributed by atoms with E-state index in [-0.39, 0.29) is 24.3 Å². The first-order valence-corrected chi connectivity index (χ1v) is 12.1. The maximum absolute atomic E-state index is 13.1. The summed E-state index contributed by atoms with van der Waals surface area (Å²) in [4.78, 5) is 46.9. The van der Waals surface area contributed by atoms with Gasteiger partial charge in [0.25, 0.3) is 11.8 Å². The predicted octanol–water partition coefficient (Wildman–Crippen LogP) is 2.49. The fraction of sp³-hybridized carbons (Fsp3) is 0.462. The van der Waals surface area contributed by atoms with Crippen LogP contribution in [0.15, 0.2) is 36.5 Å². The van der Waals surface area contributed by atoms with Gasteiger partial charge in [-0.2, -0.15) is 0 Å². The zero-order valence-corrected chi connectivity index (χ0v) is 20.1. The fourth-order valence-corrected chi connectivity index (χ4v) is 4.39. The summed E-state index contributed by atoms with van der Waals surface area (Å²) in [5.41, 5.74) is 2.05. The molecule has 2 fully saturated rings. The second-order valence-electron chi connectivity index (χ2n) is 9.59. The molecule has 1 aromatic heterocycles. The van der Waals surface area contributed by atoms with Crippen LogP contribution < -0.4 is 14.4 Å². The predicted molar refractivity (Wildman–Crippen MR) is 128 cm³/mol. The number of benzene rings is 1. The molecule has 184 valence electrons. The van der Waals surface area contributed by atoms with Crippen LogP contribution in [0, 0.1) is 5.92 Å². The largest absolute Gasteiger partial charge is 0.479 e. The zero-order chi connectivity index (χ0) is 24.5. The first-order valence-electron chi connectivity index (χ1n) is 12.1. The van der Waals surface area contributed by atoms with Crippen molar-refractivity contribution in [1.29, 1.82) is 0 Å². The van der Waals surface area contributed by atoms with E-state index in [1.807, 2.05) is 12.1 Å². The molecule has 9 heteroatoms. The minimum Gasteiger partial charge on any atom is -0.479 e. The normalized spacial score (nSPS) is 19.2. The topological polar surface area (TPSA) is 92.3 Å². The van der Waals surface area contributed by atoms with Gasteiger partial charge >= 0.3 is 0 Å². The van der Waals surface area contributed by atoms with Crippen LogP contribution in [-0.4, -0.2) is 72.4 Å². The van der Waals surface area contributed by atoms with Crippen molar-refractivity contribution in [2.75, 3.05) is 38.7 Å². The average Bonchev–Trinajstić information content (AvgIpc) is 3.54. The van der Waals surface area contributed by atoms with Gasteiger partial charge in [-0.05, 0) is 36.1 Å². The number of ether oxygens (including phenoxy) is 2. The molecular weight excluding hydrogens is 448 g/mol. The molecule has 1 saturated carbocycles. The Morgan fingerprint density at radius 3 is 2.69 bits per heavy atom. The maximum Gasteiger partial charge on any atom is 0.268 e. The number of rotatable bonds is 9. The molecule has 3 amide bonds. The molecule has 35 heavy (non-hydrogen) atoms. The smallest absolute Gasteiger partial charge is 0.268 e. The number of anilines is 1. The summed E-state index contributed by atoms with van der Waals surface area (Å²) in [5, 5.41) is 0. The lowest BCUT2D eigenvalue weighted by molar-refractivity contribution is -0.129. The first-order chi connectivity index (χ1) is 16.9. The summed E-state index contributed by atoms with van der Waals surface area (Å²) < 4.78 is 11.6. The van der Waals surface area contributed by atoms with Crippen molar-refractivity contribution in [3.05, 3.63) is 47.7 Å². The second-order valence-corrected chi connectivity index (χ2v) is 9.59. The van der Waals surface area contributed by atoms with Crippen LogP contribution in [0.4, 0.5) is 5.69 Å². The number of nitrogens with zero attached hydrogens (tertiary/aromatic N) is 4. The number of amides is 3. The number of likely N-dealkylation sites (N-methyl/N-ethyl adjacent to an activating group) is 1. The molecule has 3 heterocycles. The van der Waals surface area contributed by atoms with Crippen molar-refractivity contribution in [2.45, 2.75) is 38.3 Å². The SMILES string of the molecule is CN(C)C(=O)CN1Cc2ccc(N3CC[C@@H](Oc4ccc(OCCC5CC5)nc4)C3=O)cc2C1=O. The fourth-order valence-electron chi connectivity index (χ4n) is 4.39. The first kappa shape index (κ1) is 23.1. The molecule has 0 N–H and O–H groups in total. The molecule has 0 unspecified atom stereocenters. The molecule has 1 aliphatic carbocycles. The van der Waals surface area contributed by atoms with E-state index in [9.17, 15) is 14.4 Å². The van der Waals surface area contributed by atoms with Crippen LogP contribution in [0.5, 0.6) is 11.6 Å². The van der Waals surface area contributed by atoms with E-state index in [0.717, 1.165) is 17.9 Å². The Morgan fingerprint density at radius 2 is 1.97 bits per heavy atom. The van der Waals surface area contributed by atoms with Crippen LogP contribution >= 0.6 is 0 Å². The van der Waals surface area contributed by atoms with Crippen LogP contribution in [0.25, 0.3) is 0 Å². The van der Waals surface area contributed by atoms with Crippen LogP contribution in [-0.2, 0) is 16.1 Å². The summed E-state index contributed by atoms with van der Waals surface area (Å²) in [6.45, 7) is 1.59. The highest BCUT2D eigenvalue weighted by molar-refractivity contribution is 6.03. The van der Waals surface area contributed by atoms with Gasteiger partial charge in [0, 0.05) is 50.9 Å². The van der Waals surface area contributed by atoms with E-state index in [1.54, 1.807) is 43.4 Å². The Kier molecular flexibility index (Phi) is 6.32. The zero-order valence-electron chi connectivity index (χ0n) is 20.1. The lowest BCUT2D eigenvalue weighted by Crippen LogP contribution is -2.36. The molecule has 1 saturated heterocycles. The van der Waals surface area contributed by atoms with E-state index in [1.165, 1.54) is 22.6 Å². The van der Waals surface area contributed by atoms with E-state index in [0.29, 0.717) is 49.0 Å². The molecule has 1 atom stereocenters. The molecule has 2 aromatic rings. The van der Waals surface area contributed by atoms with Crippen molar-refractivity contribution in [3.8, 4) is 11.6 Å². The van der Waals surface area contributed by atoms with Crippen molar-refractivity contribution >= 4 is 23.4 Å². The molecule has 1 aromatic carbocycles. The molecule has 0 bridgehead atoms. The Labute approximate surface area is 204 Å². The molecule has 9 nitrogen and oxygen atoms in total. The minimum atomic E-state index is -0.614. The van der Waals surface area contributed by atoms with E-state index >= 15 is 0 Å². The molecule has 3 aliphatic rings. The van der Waals surface area contributed by atoms with E-state index in [2.05, 4.69) is 4.98 Å². The van der Waals surface area contributed by atoms with Gasteiger partial charge in [0.2, 0.25) is 11.8 Å². The Hall–Kier alpha value is -3.62. The summed E-state index contributed by atoms with van der Waals surface area (Å²) in [7, 11) is 3.33. The Balaban J connectivity index is 1.19. The number of carbonyl (C=O) groups is 3. The second kappa shape index (κ2) is 9.56. The minimum absolute atomic E-state index is 0.0345. The number of hydrogen-bond donors (Lipinski definition) is 0. The van der Waals surface area contributed by atoms with Crippen molar-refractivity contribution in [1.82, 2.24) is 14.8 Å².